The van der Waals surface area contributed by atoms with Gasteiger partial charge < -0.3 is 0 Å². The second-order valence-corrected chi connectivity index (χ2v) is 5.28. The van der Waals surface area contributed by atoms with Crippen LogP contribution in [0.2, 0.25) is 0 Å². The van der Waals surface area contributed by atoms with E-state index in [1.54, 1.807) is 30.3 Å². The van der Waals surface area contributed by atoms with Gasteiger partial charge in [-0.2, -0.15) is 13.7 Å². The predicted molar refractivity (Wildman–Crippen MR) is 68.4 cm³/mol. The molecule has 0 heterocycles. The lowest BCUT2D eigenvalue weighted by atomic mass is 10.1. The Labute approximate surface area is 107 Å². The predicted octanol–water partition coefficient (Wildman–Crippen LogP) is 2.06. The normalized spacial score (nSPS) is 11.9. The third kappa shape index (κ3) is 4.55. The Bertz CT molecular complexity index is 544. The minimum atomic E-state index is -3.70. The first kappa shape index (κ1) is 14.2. The number of rotatable bonds is 6. The lowest BCUT2D eigenvalue weighted by Crippen LogP contribution is -2.09. The zero-order chi connectivity index (χ0) is 13.4. The highest BCUT2D eigenvalue weighted by atomic mass is 32.2. The molecule has 5 nitrogen and oxygen atoms in total. The molecule has 96 valence electrons. The van der Waals surface area contributed by atoms with Crippen LogP contribution >= 0.6 is 0 Å². The summed E-state index contributed by atoms with van der Waals surface area (Å²) in [4.78, 5) is 0. The van der Waals surface area contributed by atoms with Crippen molar-refractivity contribution in [3.8, 4) is 6.07 Å². The molecule has 18 heavy (non-hydrogen) atoms. The minimum Gasteiger partial charge on any atom is -0.267 e. The maximum absolute atomic E-state index is 11.4. The van der Waals surface area contributed by atoms with E-state index in [1.165, 1.54) is 0 Å². The molecule has 0 aliphatic heterocycles. The molecule has 0 atom stereocenters. The molecular formula is C12H14N2O3S. The van der Waals surface area contributed by atoms with Crippen LogP contribution in [-0.2, 0) is 14.4 Å². The van der Waals surface area contributed by atoms with Gasteiger partial charge in [0.25, 0.3) is 0 Å². The van der Waals surface area contributed by atoms with E-state index in [-0.39, 0.29) is 11.5 Å². The number of nitriles is 1. The van der Waals surface area contributed by atoms with Gasteiger partial charge in [0.05, 0.1) is 5.75 Å². The molecular weight excluding hydrogens is 252 g/mol. The molecule has 0 aromatic heterocycles. The fourth-order valence-electron chi connectivity index (χ4n) is 1.19. The lowest BCUT2D eigenvalue weighted by Gasteiger charge is -2.01. The fraction of sp³-hybridized carbons (Fsp3) is 0.333. The van der Waals surface area contributed by atoms with Crippen LogP contribution in [-0.4, -0.2) is 19.9 Å². The first-order chi connectivity index (χ1) is 8.59. The van der Waals surface area contributed by atoms with Crippen LogP contribution in [0.1, 0.15) is 25.3 Å². The molecule has 0 unspecified atom stereocenters. The smallest absolute Gasteiger partial charge is 0.267 e. The summed E-state index contributed by atoms with van der Waals surface area (Å²) in [6.07, 6.45) is 1.25. The van der Waals surface area contributed by atoms with Gasteiger partial charge in [0.1, 0.15) is 6.07 Å². The zero-order valence-electron chi connectivity index (χ0n) is 10.0. The average molecular weight is 266 g/mol. The quantitative estimate of drug-likeness (QED) is 0.583. The van der Waals surface area contributed by atoms with Crippen LogP contribution in [0.3, 0.4) is 0 Å². The topological polar surface area (TPSA) is 79.5 Å². The van der Waals surface area contributed by atoms with Crippen molar-refractivity contribution in [3.05, 3.63) is 35.9 Å². The molecule has 1 rings (SSSR count). The Morgan fingerprint density at radius 2 is 2.06 bits per heavy atom. The molecule has 0 radical (unpaired) electrons. The SMILES string of the molecule is CCCCS(=O)(=O)O/N=C(\C#N)c1ccccc1. The summed E-state index contributed by atoms with van der Waals surface area (Å²) in [6, 6.07) is 10.4. The third-order valence-corrected chi connectivity index (χ3v) is 3.23. The van der Waals surface area contributed by atoms with E-state index >= 15 is 0 Å². The number of unbranched alkanes of at least 4 members (excludes halogenated alkanes) is 1. The van der Waals surface area contributed by atoms with Crippen LogP contribution in [0.15, 0.2) is 35.5 Å². The lowest BCUT2D eigenvalue weighted by molar-refractivity contribution is 0.339. The van der Waals surface area contributed by atoms with Crippen molar-refractivity contribution in [1.29, 1.82) is 5.26 Å². The first-order valence-corrected chi connectivity index (χ1v) is 7.11. The van der Waals surface area contributed by atoms with Crippen LogP contribution in [0, 0.1) is 11.3 Å². The molecule has 0 saturated heterocycles. The highest BCUT2D eigenvalue weighted by Crippen LogP contribution is 2.04. The molecule has 0 saturated carbocycles. The highest BCUT2D eigenvalue weighted by molar-refractivity contribution is 7.86. The summed E-state index contributed by atoms with van der Waals surface area (Å²) >= 11 is 0. The molecule has 1 aromatic rings. The van der Waals surface area contributed by atoms with E-state index in [9.17, 15) is 8.42 Å². The Kier molecular flexibility index (Phi) is 5.33. The average Bonchev–Trinajstić information content (AvgIpc) is 2.38. The zero-order valence-corrected chi connectivity index (χ0v) is 10.9. The van der Waals surface area contributed by atoms with Crippen molar-refractivity contribution in [3.63, 3.8) is 0 Å². The Hall–Kier alpha value is -1.87. The second kappa shape index (κ2) is 6.77. The van der Waals surface area contributed by atoms with E-state index in [4.69, 9.17) is 5.26 Å². The van der Waals surface area contributed by atoms with Crippen molar-refractivity contribution in [1.82, 2.24) is 0 Å². The van der Waals surface area contributed by atoms with Crippen molar-refractivity contribution in [2.24, 2.45) is 5.16 Å². The summed E-state index contributed by atoms with van der Waals surface area (Å²) in [6.45, 7) is 1.88. The Balaban J connectivity index is 2.80. The molecule has 0 bridgehead atoms. The maximum atomic E-state index is 11.4. The van der Waals surface area contributed by atoms with E-state index in [0.29, 0.717) is 12.0 Å². The van der Waals surface area contributed by atoms with Gasteiger partial charge in [-0.15, -0.1) is 0 Å². The maximum Gasteiger partial charge on any atom is 0.328 e. The van der Waals surface area contributed by atoms with Crippen LogP contribution in [0.25, 0.3) is 0 Å². The van der Waals surface area contributed by atoms with Crippen LogP contribution in [0.4, 0.5) is 0 Å². The van der Waals surface area contributed by atoms with Gasteiger partial charge in [-0.05, 0) is 6.42 Å². The Morgan fingerprint density at radius 3 is 2.61 bits per heavy atom. The molecule has 0 fully saturated rings. The van der Waals surface area contributed by atoms with E-state index < -0.39 is 10.1 Å². The van der Waals surface area contributed by atoms with Crippen LogP contribution in [0.5, 0.6) is 0 Å². The van der Waals surface area contributed by atoms with Crippen LogP contribution < -0.4 is 0 Å². The fourth-order valence-corrected chi connectivity index (χ4v) is 2.09. The number of oxime groups is 1. The molecule has 0 aliphatic carbocycles. The largest absolute Gasteiger partial charge is 0.328 e. The third-order valence-electron chi connectivity index (χ3n) is 2.14. The van der Waals surface area contributed by atoms with Crippen molar-refractivity contribution < 1.29 is 12.7 Å². The van der Waals surface area contributed by atoms with Crippen molar-refractivity contribution >= 4 is 15.8 Å². The number of nitrogens with zero attached hydrogens (tertiary/aromatic N) is 2. The minimum absolute atomic E-state index is 0.0596. The van der Waals surface area contributed by atoms with Gasteiger partial charge in [0.2, 0.25) is 0 Å². The van der Waals surface area contributed by atoms with Gasteiger partial charge in [-0.1, -0.05) is 48.8 Å². The second-order valence-electron chi connectivity index (χ2n) is 3.61. The first-order valence-electron chi connectivity index (χ1n) is 5.54. The standard InChI is InChI=1S/C12H14N2O3S/c1-2-3-9-18(15,16)17-14-12(10-13)11-7-5-4-6-8-11/h4-8H,2-3,9H2,1H3/b14-12+. The van der Waals surface area contributed by atoms with Crippen molar-refractivity contribution in [2.45, 2.75) is 19.8 Å². The van der Waals surface area contributed by atoms with Crippen molar-refractivity contribution in [2.75, 3.05) is 5.75 Å². The molecule has 0 N–H and O–H groups in total. The molecule has 0 spiro atoms. The molecule has 0 aliphatic rings. The van der Waals surface area contributed by atoms with Gasteiger partial charge >= 0.3 is 10.1 Å². The van der Waals surface area contributed by atoms with Gasteiger partial charge in [0.15, 0.2) is 5.71 Å². The summed E-state index contributed by atoms with van der Waals surface area (Å²) in [7, 11) is -3.70. The van der Waals surface area contributed by atoms with E-state index in [0.717, 1.165) is 6.42 Å². The van der Waals surface area contributed by atoms with E-state index in [1.807, 2.05) is 13.0 Å². The number of benzene rings is 1. The highest BCUT2D eigenvalue weighted by Gasteiger charge is 2.11. The summed E-state index contributed by atoms with van der Waals surface area (Å²) in [5, 5.41) is 12.3. The molecule has 0 amide bonds. The summed E-state index contributed by atoms with van der Waals surface area (Å²) in [5.74, 6) is -0.0967. The summed E-state index contributed by atoms with van der Waals surface area (Å²) in [5.41, 5.74) is 0.460. The van der Waals surface area contributed by atoms with E-state index in [2.05, 4.69) is 9.44 Å². The Morgan fingerprint density at radius 1 is 1.39 bits per heavy atom. The molecule has 6 heteroatoms. The van der Waals surface area contributed by atoms with Gasteiger partial charge in [-0.3, -0.25) is 4.28 Å². The van der Waals surface area contributed by atoms with Gasteiger partial charge in [-0.25, -0.2) is 0 Å². The monoisotopic (exact) mass is 266 g/mol. The number of hydrogen-bond acceptors (Lipinski definition) is 5. The summed E-state index contributed by atoms with van der Waals surface area (Å²) < 4.78 is 27.3. The van der Waals surface area contributed by atoms with Gasteiger partial charge in [0, 0.05) is 5.56 Å². The molecule has 1 aromatic carbocycles. The number of hydrogen-bond donors (Lipinski definition) is 0.